The number of nitrogens with zero attached hydrogens (tertiary/aromatic N) is 2. The lowest BCUT2D eigenvalue weighted by atomic mass is 9.75. The number of carbonyl (C=O) groups is 1. The molecule has 20 heavy (non-hydrogen) atoms. The minimum Gasteiger partial charge on any atom is -0.294 e. The molecular weight excluding hydrogens is 256 g/mol. The van der Waals surface area contributed by atoms with E-state index in [1.165, 1.54) is 12.1 Å². The Hall–Kier alpha value is -2.30. The van der Waals surface area contributed by atoms with Crippen molar-refractivity contribution in [3.05, 3.63) is 45.6 Å². The summed E-state index contributed by atoms with van der Waals surface area (Å²) in [6.45, 7) is 4.10. The maximum absolute atomic E-state index is 12.2. The maximum atomic E-state index is 12.2. The van der Waals surface area contributed by atoms with Crippen molar-refractivity contribution < 1.29 is 9.72 Å². The number of aromatic nitrogens is 1. The molecule has 1 heterocycles. The zero-order valence-electron chi connectivity index (χ0n) is 11.3. The second-order valence-corrected chi connectivity index (χ2v) is 6.06. The van der Waals surface area contributed by atoms with Crippen molar-refractivity contribution >= 4 is 22.4 Å². The number of ketones is 1. The number of hydrogen-bond donors (Lipinski definition) is 0. The topological polar surface area (TPSA) is 73.1 Å². The Morgan fingerprint density at radius 1 is 1.25 bits per heavy atom. The summed E-state index contributed by atoms with van der Waals surface area (Å²) < 4.78 is 0. The molecule has 0 spiro atoms. The van der Waals surface area contributed by atoms with E-state index in [0.717, 1.165) is 12.1 Å². The molecule has 1 aromatic heterocycles. The highest BCUT2D eigenvalue weighted by atomic mass is 16.6. The molecule has 0 atom stereocenters. The quantitative estimate of drug-likeness (QED) is 0.588. The summed E-state index contributed by atoms with van der Waals surface area (Å²) in [6, 6.07) is 6.29. The molecule has 0 radical (unpaired) electrons. The molecule has 5 nitrogen and oxygen atoms in total. The number of rotatable bonds is 1. The van der Waals surface area contributed by atoms with Crippen LogP contribution in [0, 0.1) is 15.5 Å². The Morgan fingerprint density at radius 3 is 2.70 bits per heavy atom. The van der Waals surface area contributed by atoms with Gasteiger partial charge < -0.3 is 0 Å². The third kappa shape index (κ3) is 2.05. The summed E-state index contributed by atoms with van der Waals surface area (Å²) in [7, 11) is 0. The van der Waals surface area contributed by atoms with Crippen LogP contribution in [0.5, 0.6) is 0 Å². The Kier molecular flexibility index (Phi) is 2.61. The van der Waals surface area contributed by atoms with E-state index < -0.39 is 4.92 Å². The average molecular weight is 270 g/mol. The Balaban J connectivity index is 2.20. The molecule has 1 aromatic carbocycles. The molecule has 0 unspecified atom stereocenters. The van der Waals surface area contributed by atoms with Crippen molar-refractivity contribution in [2.24, 2.45) is 5.41 Å². The second-order valence-electron chi connectivity index (χ2n) is 6.06. The lowest BCUT2D eigenvalue weighted by molar-refractivity contribution is -0.384. The lowest BCUT2D eigenvalue weighted by Crippen LogP contribution is -2.27. The van der Waals surface area contributed by atoms with Crippen molar-refractivity contribution in [2.45, 2.75) is 26.7 Å². The van der Waals surface area contributed by atoms with Crippen LogP contribution in [0.2, 0.25) is 0 Å². The van der Waals surface area contributed by atoms with Crippen molar-refractivity contribution in [1.82, 2.24) is 4.98 Å². The van der Waals surface area contributed by atoms with Crippen molar-refractivity contribution in [2.75, 3.05) is 0 Å². The lowest BCUT2D eigenvalue weighted by Gasteiger charge is -2.29. The van der Waals surface area contributed by atoms with Crippen LogP contribution in [0.3, 0.4) is 0 Å². The van der Waals surface area contributed by atoms with E-state index in [-0.39, 0.29) is 16.9 Å². The molecule has 2 aromatic rings. The summed E-state index contributed by atoms with van der Waals surface area (Å²) in [5.74, 6) is 0.0668. The number of benzene rings is 1. The second kappa shape index (κ2) is 4.10. The molecule has 0 N–H and O–H groups in total. The highest BCUT2D eigenvalue weighted by molar-refractivity contribution is 6.01. The number of non-ortho nitro benzene ring substituents is 1. The van der Waals surface area contributed by atoms with Gasteiger partial charge in [-0.25, -0.2) is 0 Å². The molecule has 0 saturated heterocycles. The van der Waals surface area contributed by atoms with Crippen LogP contribution >= 0.6 is 0 Å². The molecule has 3 rings (SSSR count). The Bertz CT molecular complexity index is 750. The van der Waals surface area contributed by atoms with Crippen LogP contribution in [-0.2, 0) is 6.42 Å². The van der Waals surface area contributed by atoms with Crippen LogP contribution in [0.1, 0.15) is 36.3 Å². The largest absolute Gasteiger partial charge is 0.294 e. The first-order valence-electron chi connectivity index (χ1n) is 6.47. The highest BCUT2D eigenvalue weighted by Gasteiger charge is 2.32. The van der Waals surface area contributed by atoms with Crippen molar-refractivity contribution in [1.29, 1.82) is 0 Å². The van der Waals surface area contributed by atoms with Gasteiger partial charge in [-0.2, -0.15) is 0 Å². The number of hydrogen-bond acceptors (Lipinski definition) is 4. The van der Waals surface area contributed by atoms with E-state index in [1.807, 2.05) is 0 Å². The monoisotopic (exact) mass is 270 g/mol. The van der Waals surface area contributed by atoms with Gasteiger partial charge in [0.2, 0.25) is 0 Å². The van der Waals surface area contributed by atoms with Crippen LogP contribution < -0.4 is 0 Å². The molecule has 0 saturated carbocycles. The van der Waals surface area contributed by atoms with E-state index in [4.69, 9.17) is 0 Å². The van der Waals surface area contributed by atoms with E-state index in [2.05, 4.69) is 18.8 Å². The van der Waals surface area contributed by atoms with E-state index >= 15 is 0 Å². The van der Waals surface area contributed by atoms with Gasteiger partial charge in [0.15, 0.2) is 5.78 Å². The van der Waals surface area contributed by atoms with Gasteiger partial charge in [0.25, 0.3) is 5.69 Å². The van der Waals surface area contributed by atoms with Crippen molar-refractivity contribution in [3.63, 3.8) is 0 Å². The minimum absolute atomic E-state index is 0.0165. The first-order chi connectivity index (χ1) is 9.35. The molecule has 5 heteroatoms. The van der Waals surface area contributed by atoms with Gasteiger partial charge >= 0.3 is 0 Å². The summed E-state index contributed by atoms with van der Waals surface area (Å²) in [5.41, 5.74) is 2.04. The summed E-state index contributed by atoms with van der Waals surface area (Å²) in [5, 5.41) is 11.4. The molecule has 102 valence electrons. The predicted molar refractivity (Wildman–Crippen MR) is 74.8 cm³/mol. The SMILES string of the molecule is CC1(C)CC(=O)c2cc3cc([N+](=O)[O-])ccc3nc2C1. The normalized spacial score (nSPS) is 17.0. The smallest absolute Gasteiger partial charge is 0.270 e. The number of nitro benzene ring substituents is 1. The fraction of sp³-hybridized carbons (Fsp3) is 0.333. The summed E-state index contributed by atoms with van der Waals surface area (Å²) in [6.07, 6.45) is 1.24. The summed E-state index contributed by atoms with van der Waals surface area (Å²) in [4.78, 5) is 27.1. The first kappa shape index (κ1) is 12.7. The van der Waals surface area contributed by atoms with Gasteiger partial charge in [0, 0.05) is 29.5 Å². The maximum Gasteiger partial charge on any atom is 0.270 e. The molecule has 0 amide bonds. The molecular formula is C15H14N2O3. The van der Waals surface area contributed by atoms with Gasteiger partial charge in [-0.05, 0) is 24.0 Å². The van der Waals surface area contributed by atoms with Gasteiger partial charge in [0.1, 0.15) is 0 Å². The average Bonchev–Trinajstić information content (AvgIpc) is 2.35. The minimum atomic E-state index is -0.441. The third-order valence-corrected chi connectivity index (χ3v) is 3.67. The van der Waals surface area contributed by atoms with Gasteiger partial charge in [-0.1, -0.05) is 13.8 Å². The Morgan fingerprint density at radius 2 is 2.00 bits per heavy atom. The first-order valence-corrected chi connectivity index (χ1v) is 6.47. The molecule has 1 aliphatic carbocycles. The molecule has 0 aliphatic heterocycles. The predicted octanol–water partition coefficient (Wildman–Crippen LogP) is 3.30. The van der Waals surface area contributed by atoms with Crippen LogP contribution in [0.4, 0.5) is 5.69 Å². The Labute approximate surface area is 115 Å². The molecule has 0 bridgehead atoms. The van der Waals surface area contributed by atoms with Crippen molar-refractivity contribution in [3.8, 4) is 0 Å². The fourth-order valence-corrected chi connectivity index (χ4v) is 2.74. The van der Waals surface area contributed by atoms with Gasteiger partial charge in [0.05, 0.1) is 16.1 Å². The zero-order chi connectivity index (χ0) is 14.5. The van der Waals surface area contributed by atoms with Crippen LogP contribution in [0.15, 0.2) is 24.3 Å². The van der Waals surface area contributed by atoms with Gasteiger partial charge in [-0.3, -0.25) is 19.9 Å². The number of Topliss-reactive ketones (excluding diaryl/α,β-unsaturated/α-hetero) is 1. The summed E-state index contributed by atoms with van der Waals surface area (Å²) >= 11 is 0. The standard InChI is InChI=1S/C15H14N2O3/c1-15(2)7-13-11(14(18)8-15)6-9-5-10(17(19)20)3-4-12(9)16-13/h3-6H,7-8H2,1-2H3. The molecule has 1 aliphatic rings. The number of fused-ring (bicyclic) bond motifs is 2. The number of nitro groups is 1. The van der Waals surface area contributed by atoms with Gasteiger partial charge in [-0.15, -0.1) is 0 Å². The highest BCUT2D eigenvalue weighted by Crippen LogP contribution is 2.35. The third-order valence-electron chi connectivity index (χ3n) is 3.67. The zero-order valence-corrected chi connectivity index (χ0v) is 11.3. The number of pyridine rings is 1. The van der Waals surface area contributed by atoms with Crippen LogP contribution in [0.25, 0.3) is 10.9 Å². The van der Waals surface area contributed by atoms with E-state index in [9.17, 15) is 14.9 Å². The van der Waals surface area contributed by atoms with E-state index in [0.29, 0.717) is 22.9 Å². The fourth-order valence-electron chi connectivity index (χ4n) is 2.74. The molecule has 0 fully saturated rings. The van der Waals surface area contributed by atoms with E-state index in [1.54, 1.807) is 12.1 Å². The number of carbonyl (C=O) groups excluding carboxylic acids is 1. The van der Waals surface area contributed by atoms with Crippen LogP contribution in [-0.4, -0.2) is 15.7 Å².